The van der Waals surface area contributed by atoms with E-state index in [9.17, 15) is 4.79 Å². The van der Waals surface area contributed by atoms with Crippen molar-refractivity contribution in [1.29, 1.82) is 0 Å². The molecule has 0 fully saturated rings. The molecule has 0 unspecified atom stereocenters. The molecule has 0 amide bonds. The molecule has 11 heavy (non-hydrogen) atoms. The summed E-state index contributed by atoms with van der Waals surface area (Å²) >= 11 is 5.58. The minimum atomic E-state index is 0.336. The highest BCUT2D eigenvalue weighted by molar-refractivity contribution is 6.17. The maximum absolute atomic E-state index is 10.4. The van der Waals surface area contributed by atoms with E-state index in [1.54, 1.807) is 6.20 Å². The summed E-state index contributed by atoms with van der Waals surface area (Å²) in [5.41, 5.74) is 2.25. The van der Waals surface area contributed by atoms with Crippen LogP contribution in [0, 0.1) is 6.92 Å². The first-order chi connectivity index (χ1) is 5.27. The van der Waals surface area contributed by atoms with Gasteiger partial charge in [-0.1, -0.05) is 6.07 Å². The highest BCUT2D eigenvalue weighted by Gasteiger charge is 2.00. The third-order valence-corrected chi connectivity index (χ3v) is 1.68. The zero-order chi connectivity index (χ0) is 8.27. The van der Waals surface area contributed by atoms with Crippen molar-refractivity contribution in [2.75, 3.05) is 0 Å². The summed E-state index contributed by atoms with van der Waals surface area (Å²) in [6.07, 6.45) is 2.37. The van der Waals surface area contributed by atoms with E-state index in [4.69, 9.17) is 11.6 Å². The largest absolute Gasteiger partial charge is 0.296 e. The van der Waals surface area contributed by atoms with Crippen LogP contribution >= 0.6 is 11.6 Å². The summed E-state index contributed by atoms with van der Waals surface area (Å²) in [4.78, 5) is 14.3. The lowest BCUT2D eigenvalue weighted by atomic mass is 10.2. The molecule has 58 valence electrons. The van der Waals surface area contributed by atoms with Gasteiger partial charge in [0.15, 0.2) is 6.29 Å². The molecule has 0 N–H and O–H groups in total. The molecule has 0 bridgehead atoms. The molecule has 1 aromatic rings. The SMILES string of the molecule is Cc1cnc(C=O)c(CCl)c1. The predicted molar refractivity (Wildman–Crippen MR) is 43.9 cm³/mol. The van der Waals surface area contributed by atoms with Crippen LogP contribution in [0.25, 0.3) is 0 Å². The molecule has 1 rings (SSSR count). The van der Waals surface area contributed by atoms with Gasteiger partial charge in [0, 0.05) is 12.1 Å². The summed E-state index contributed by atoms with van der Waals surface area (Å²) in [5, 5.41) is 0. The number of aldehydes is 1. The van der Waals surface area contributed by atoms with Gasteiger partial charge in [-0.05, 0) is 18.1 Å². The molecular weight excluding hydrogens is 162 g/mol. The van der Waals surface area contributed by atoms with Crippen LogP contribution in [0.3, 0.4) is 0 Å². The van der Waals surface area contributed by atoms with E-state index in [1.165, 1.54) is 0 Å². The van der Waals surface area contributed by atoms with Gasteiger partial charge in [-0.2, -0.15) is 0 Å². The van der Waals surface area contributed by atoms with Gasteiger partial charge in [-0.15, -0.1) is 11.6 Å². The highest BCUT2D eigenvalue weighted by Crippen LogP contribution is 2.08. The minimum absolute atomic E-state index is 0.336. The maximum atomic E-state index is 10.4. The third kappa shape index (κ3) is 1.77. The molecule has 1 heterocycles. The normalized spacial score (nSPS) is 9.64. The van der Waals surface area contributed by atoms with E-state index < -0.39 is 0 Å². The van der Waals surface area contributed by atoms with E-state index in [2.05, 4.69) is 4.98 Å². The zero-order valence-electron chi connectivity index (χ0n) is 6.17. The molecule has 0 atom stereocenters. The van der Waals surface area contributed by atoms with Crippen LogP contribution < -0.4 is 0 Å². The molecule has 0 saturated carbocycles. The van der Waals surface area contributed by atoms with Crippen molar-refractivity contribution in [1.82, 2.24) is 4.98 Å². The molecular formula is C8H8ClNO. The van der Waals surface area contributed by atoms with E-state index in [0.717, 1.165) is 17.4 Å². The van der Waals surface area contributed by atoms with Crippen LogP contribution in [-0.4, -0.2) is 11.3 Å². The van der Waals surface area contributed by atoms with Gasteiger partial charge in [-0.25, -0.2) is 0 Å². The number of rotatable bonds is 2. The number of pyridine rings is 1. The molecule has 3 heteroatoms. The van der Waals surface area contributed by atoms with Crippen molar-refractivity contribution in [2.24, 2.45) is 0 Å². The van der Waals surface area contributed by atoms with Gasteiger partial charge < -0.3 is 0 Å². The minimum Gasteiger partial charge on any atom is -0.296 e. The number of carbonyl (C=O) groups is 1. The van der Waals surface area contributed by atoms with Gasteiger partial charge in [0.2, 0.25) is 0 Å². The van der Waals surface area contributed by atoms with Crippen LogP contribution in [0.5, 0.6) is 0 Å². The van der Waals surface area contributed by atoms with Gasteiger partial charge in [-0.3, -0.25) is 9.78 Å². The molecule has 0 saturated heterocycles. The number of halogens is 1. The van der Waals surface area contributed by atoms with Gasteiger partial charge in [0.25, 0.3) is 0 Å². The Bertz CT molecular complexity index is 273. The fourth-order valence-electron chi connectivity index (χ4n) is 0.853. The molecule has 2 nitrogen and oxygen atoms in total. The number of alkyl halides is 1. The van der Waals surface area contributed by atoms with Crippen LogP contribution in [0.1, 0.15) is 21.6 Å². The Labute approximate surface area is 70.2 Å². The summed E-state index contributed by atoms with van der Waals surface area (Å²) < 4.78 is 0. The molecule has 0 aliphatic heterocycles. The fourth-order valence-corrected chi connectivity index (χ4v) is 1.07. The van der Waals surface area contributed by atoms with Crippen molar-refractivity contribution in [3.63, 3.8) is 0 Å². The van der Waals surface area contributed by atoms with E-state index in [0.29, 0.717) is 11.6 Å². The summed E-state index contributed by atoms with van der Waals surface area (Å²) in [5.74, 6) is 0.336. The summed E-state index contributed by atoms with van der Waals surface area (Å²) in [6.45, 7) is 1.91. The number of hydrogen-bond donors (Lipinski definition) is 0. The Hall–Kier alpha value is -0.890. The summed E-state index contributed by atoms with van der Waals surface area (Å²) in [6, 6.07) is 1.86. The maximum Gasteiger partial charge on any atom is 0.168 e. The predicted octanol–water partition coefficient (Wildman–Crippen LogP) is 1.94. The molecule has 1 aromatic heterocycles. The van der Waals surface area contributed by atoms with Gasteiger partial charge >= 0.3 is 0 Å². The van der Waals surface area contributed by atoms with Gasteiger partial charge in [0.1, 0.15) is 5.69 Å². The quantitative estimate of drug-likeness (QED) is 0.500. The number of aryl methyl sites for hydroxylation is 1. The Morgan fingerprint density at radius 1 is 1.73 bits per heavy atom. The van der Waals surface area contributed by atoms with Crippen LogP contribution in [0.2, 0.25) is 0 Å². The lowest BCUT2D eigenvalue weighted by Gasteiger charge is -1.99. The second-order valence-electron chi connectivity index (χ2n) is 2.31. The van der Waals surface area contributed by atoms with E-state index in [-0.39, 0.29) is 0 Å². The van der Waals surface area contributed by atoms with E-state index >= 15 is 0 Å². The Morgan fingerprint density at radius 3 is 3.00 bits per heavy atom. The van der Waals surface area contributed by atoms with E-state index in [1.807, 2.05) is 13.0 Å². The fraction of sp³-hybridized carbons (Fsp3) is 0.250. The lowest BCUT2D eigenvalue weighted by Crippen LogP contribution is -1.94. The smallest absolute Gasteiger partial charge is 0.168 e. The molecule has 0 radical (unpaired) electrons. The van der Waals surface area contributed by atoms with Crippen molar-refractivity contribution in [2.45, 2.75) is 12.8 Å². The second-order valence-corrected chi connectivity index (χ2v) is 2.58. The van der Waals surface area contributed by atoms with Crippen LogP contribution in [-0.2, 0) is 5.88 Å². The standard InChI is InChI=1S/C8H8ClNO/c1-6-2-7(3-9)8(5-11)10-4-6/h2,4-5H,3H2,1H3. The number of nitrogens with zero attached hydrogens (tertiary/aromatic N) is 1. The first kappa shape index (κ1) is 8.21. The van der Waals surface area contributed by atoms with Crippen LogP contribution in [0.15, 0.2) is 12.3 Å². The van der Waals surface area contributed by atoms with Crippen molar-refractivity contribution < 1.29 is 4.79 Å². The average molecular weight is 170 g/mol. The Morgan fingerprint density at radius 2 is 2.45 bits per heavy atom. The molecule has 0 spiro atoms. The Balaban J connectivity index is 3.16. The second kappa shape index (κ2) is 3.49. The average Bonchev–Trinajstić information content (AvgIpc) is 2.04. The third-order valence-electron chi connectivity index (χ3n) is 1.39. The number of aromatic nitrogens is 1. The number of hydrogen-bond acceptors (Lipinski definition) is 2. The molecule has 0 aliphatic carbocycles. The topological polar surface area (TPSA) is 30.0 Å². The first-order valence-corrected chi connectivity index (χ1v) is 3.78. The van der Waals surface area contributed by atoms with Crippen LogP contribution in [0.4, 0.5) is 0 Å². The van der Waals surface area contributed by atoms with Crippen molar-refractivity contribution in [3.8, 4) is 0 Å². The van der Waals surface area contributed by atoms with Crippen molar-refractivity contribution >= 4 is 17.9 Å². The zero-order valence-corrected chi connectivity index (χ0v) is 6.93. The highest BCUT2D eigenvalue weighted by atomic mass is 35.5. The van der Waals surface area contributed by atoms with Crippen molar-refractivity contribution in [3.05, 3.63) is 29.1 Å². The summed E-state index contributed by atoms with van der Waals surface area (Å²) in [7, 11) is 0. The first-order valence-electron chi connectivity index (χ1n) is 3.24. The lowest BCUT2D eigenvalue weighted by molar-refractivity contribution is 0.111. The number of carbonyl (C=O) groups excluding carboxylic acids is 1. The van der Waals surface area contributed by atoms with Gasteiger partial charge in [0.05, 0.1) is 0 Å². The Kier molecular flexibility index (Phi) is 2.60. The molecule has 0 aromatic carbocycles. The monoisotopic (exact) mass is 169 g/mol. The molecule has 0 aliphatic rings.